The molecule has 0 aliphatic rings. The second-order valence-corrected chi connectivity index (χ2v) is 3.77. The van der Waals surface area contributed by atoms with Crippen molar-refractivity contribution in [1.82, 2.24) is 0 Å². The van der Waals surface area contributed by atoms with Crippen molar-refractivity contribution in [3.63, 3.8) is 0 Å². The highest BCUT2D eigenvalue weighted by Gasteiger charge is 1.91. The van der Waals surface area contributed by atoms with E-state index >= 15 is 0 Å². The lowest BCUT2D eigenvalue weighted by Gasteiger charge is -1.98. The fourth-order valence-corrected chi connectivity index (χ4v) is 1.04. The number of hydrogen-bond acceptors (Lipinski definition) is 1. The van der Waals surface area contributed by atoms with Crippen LogP contribution in [0.15, 0.2) is 24.3 Å². The highest BCUT2D eigenvalue weighted by atomic mass is 16.3. The molecule has 1 nitrogen and oxygen atoms in total. The summed E-state index contributed by atoms with van der Waals surface area (Å²) in [6.07, 6.45) is 6.21. The minimum absolute atomic E-state index is 0.352. The zero-order chi connectivity index (χ0) is 11.5. The van der Waals surface area contributed by atoms with E-state index in [0.29, 0.717) is 5.75 Å². The van der Waals surface area contributed by atoms with E-state index < -0.39 is 0 Å². The van der Waals surface area contributed by atoms with E-state index in [1.54, 1.807) is 12.1 Å². The Labute approximate surface area is 94.2 Å². The normalized spacial score (nSPS) is 9.27. The number of unbranched alkanes of at least 4 members (excludes halogenated alkanes) is 2. The van der Waals surface area contributed by atoms with E-state index in [4.69, 9.17) is 5.11 Å². The summed E-state index contributed by atoms with van der Waals surface area (Å²) in [6, 6.07) is 7.44. The Morgan fingerprint density at radius 2 is 1.40 bits per heavy atom. The summed E-state index contributed by atoms with van der Waals surface area (Å²) in [5.74, 6) is 0.352. The molecule has 0 spiro atoms. The van der Waals surface area contributed by atoms with Gasteiger partial charge in [0.05, 0.1) is 0 Å². The standard InChI is InChI=1S/C10H14O.C4H10/c1-2-3-4-9-5-7-10(11)8-6-9;1-3-4-2/h5-8,11H,2-4H2,1H3;3-4H2,1-2H3. The van der Waals surface area contributed by atoms with E-state index in [1.807, 2.05) is 12.1 Å². The SMILES string of the molecule is CCCC.CCCCc1ccc(O)cc1. The van der Waals surface area contributed by atoms with Crippen molar-refractivity contribution >= 4 is 0 Å². The maximum absolute atomic E-state index is 8.98. The van der Waals surface area contributed by atoms with E-state index in [0.717, 1.165) is 6.42 Å². The van der Waals surface area contributed by atoms with Gasteiger partial charge in [0.25, 0.3) is 0 Å². The third-order valence-electron chi connectivity index (χ3n) is 2.26. The summed E-state index contributed by atoms with van der Waals surface area (Å²) in [5.41, 5.74) is 1.31. The molecule has 1 aromatic rings. The van der Waals surface area contributed by atoms with Gasteiger partial charge in [0.2, 0.25) is 0 Å². The molecule has 0 bridgehead atoms. The molecule has 1 aromatic carbocycles. The van der Waals surface area contributed by atoms with Crippen LogP contribution in [-0.4, -0.2) is 5.11 Å². The highest BCUT2D eigenvalue weighted by Crippen LogP contribution is 2.11. The molecule has 0 atom stereocenters. The summed E-state index contributed by atoms with van der Waals surface area (Å²) < 4.78 is 0. The molecule has 0 amide bonds. The summed E-state index contributed by atoms with van der Waals surface area (Å²) in [7, 11) is 0. The van der Waals surface area contributed by atoms with Crippen LogP contribution in [0.5, 0.6) is 5.75 Å². The second-order valence-electron chi connectivity index (χ2n) is 3.77. The van der Waals surface area contributed by atoms with Crippen LogP contribution >= 0.6 is 0 Å². The molecule has 0 unspecified atom stereocenters. The molecule has 0 saturated heterocycles. The molecule has 0 saturated carbocycles. The number of phenols is 1. The molecule has 15 heavy (non-hydrogen) atoms. The molecule has 1 N–H and O–H groups in total. The van der Waals surface area contributed by atoms with Crippen molar-refractivity contribution < 1.29 is 5.11 Å². The average Bonchev–Trinajstić information content (AvgIpc) is 2.29. The van der Waals surface area contributed by atoms with Crippen LogP contribution < -0.4 is 0 Å². The molecule has 1 rings (SSSR count). The van der Waals surface area contributed by atoms with E-state index in [-0.39, 0.29) is 0 Å². The van der Waals surface area contributed by atoms with Gasteiger partial charge in [0, 0.05) is 0 Å². The van der Waals surface area contributed by atoms with Crippen molar-refractivity contribution in [3.8, 4) is 5.75 Å². The Balaban J connectivity index is 0.000000423. The first-order valence-corrected chi connectivity index (χ1v) is 6.02. The van der Waals surface area contributed by atoms with E-state index in [9.17, 15) is 0 Å². The Kier molecular flexibility index (Phi) is 8.95. The van der Waals surface area contributed by atoms with Gasteiger partial charge in [-0.05, 0) is 30.5 Å². The van der Waals surface area contributed by atoms with Gasteiger partial charge in [0.15, 0.2) is 0 Å². The predicted molar refractivity (Wildman–Crippen MR) is 67.3 cm³/mol. The second kappa shape index (κ2) is 9.57. The Morgan fingerprint density at radius 3 is 1.80 bits per heavy atom. The fourth-order valence-electron chi connectivity index (χ4n) is 1.04. The molecular weight excluding hydrogens is 184 g/mol. The Hall–Kier alpha value is -0.980. The molecular formula is C14H24O. The van der Waals surface area contributed by atoms with E-state index in [1.165, 1.54) is 31.2 Å². The fraction of sp³-hybridized carbons (Fsp3) is 0.571. The lowest BCUT2D eigenvalue weighted by atomic mass is 10.1. The first-order valence-electron chi connectivity index (χ1n) is 6.02. The van der Waals surface area contributed by atoms with Gasteiger partial charge in [-0.25, -0.2) is 0 Å². The summed E-state index contributed by atoms with van der Waals surface area (Å²) in [4.78, 5) is 0. The lowest BCUT2D eigenvalue weighted by molar-refractivity contribution is 0.475. The van der Waals surface area contributed by atoms with Gasteiger partial charge in [0.1, 0.15) is 5.75 Å². The van der Waals surface area contributed by atoms with Crippen LogP contribution in [0.1, 0.15) is 52.0 Å². The van der Waals surface area contributed by atoms with Crippen molar-refractivity contribution in [2.24, 2.45) is 0 Å². The molecule has 1 heteroatoms. The van der Waals surface area contributed by atoms with Crippen LogP contribution in [-0.2, 0) is 6.42 Å². The van der Waals surface area contributed by atoms with Crippen molar-refractivity contribution in [2.75, 3.05) is 0 Å². The first-order chi connectivity index (χ1) is 7.24. The number of aryl methyl sites for hydroxylation is 1. The van der Waals surface area contributed by atoms with Crippen molar-refractivity contribution in [1.29, 1.82) is 0 Å². The molecule has 0 fully saturated rings. The first kappa shape index (κ1) is 14.0. The minimum atomic E-state index is 0.352. The number of hydrogen-bond donors (Lipinski definition) is 1. The van der Waals surface area contributed by atoms with Crippen LogP contribution in [0, 0.1) is 0 Å². The van der Waals surface area contributed by atoms with Crippen LogP contribution in [0.2, 0.25) is 0 Å². The van der Waals surface area contributed by atoms with Crippen LogP contribution in [0.4, 0.5) is 0 Å². The highest BCUT2D eigenvalue weighted by molar-refractivity contribution is 5.25. The summed E-state index contributed by atoms with van der Waals surface area (Å²) >= 11 is 0. The van der Waals surface area contributed by atoms with Crippen LogP contribution in [0.3, 0.4) is 0 Å². The molecule has 0 aliphatic carbocycles. The van der Waals surface area contributed by atoms with Crippen molar-refractivity contribution in [3.05, 3.63) is 29.8 Å². The monoisotopic (exact) mass is 208 g/mol. The lowest BCUT2D eigenvalue weighted by Crippen LogP contribution is -1.82. The van der Waals surface area contributed by atoms with Crippen molar-refractivity contribution in [2.45, 2.75) is 52.9 Å². The van der Waals surface area contributed by atoms with Gasteiger partial charge < -0.3 is 5.11 Å². The Morgan fingerprint density at radius 1 is 0.867 bits per heavy atom. The number of aromatic hydroxyl groups is 1. The smallest absolute Gasteiger partial charge is 0.115 e. The van der Waals surface area contributed by atoms with Gasteiger partial charge in [-0.2, -0.15) is 0 Å². The molecule has 0 heterocycles. The third kappa shape index (κ3) is 8.04. The third-order valence-corrected chi connectivity index (χ3v) is 2.26. The van der Waals surface area contributed by atoms with E-state index in [2.05, 4.69) is 20.8 Å². The molecule has 86 valence electrons. The largest absolute Gasteiger partial charge is 0.508 e. The molecule has 0 aromatic heterocycles. The maximum atomic E-state index is 8.98. The predicted octanol–water partition coefficient (Wildman–Crippen LogP) is 4.54. The molecule has 0 aliphatic heterocycles. The minimum Gasteiger partial charge on any atom is -0.508 e. The van der Waals surface area contributed by atoms with Gasteiger partial charge in [-0.1, -0.05) is 52.2 Å². The summed E-state index contributed by atoms with van der Waals surface area (Å²) in [5, 5.41) is 8.98. The average molecular weight is 208 g/mol. The topological polar surface area (TPSA) is 20.2 Å². The number of benzene rings is 1. The molecule has 0 radical (unpaired) electrons. The van der Waals surface area contributed by atoms with Gasteiger partial charge in [-0.3, -0.25) is 0 Å². The maximum Gasteiger partial charge on any atom is 0.115 e. The Bertz CT molecular complexity index is 224. The zero-order valence-electron chi connectivity index (χ0n) is 10.3. The zero-order valence-corrected chi connectivity index (χ0v) is 10.3. The van der Waals surface area contributed by atoms with Gasteiger partial charge >= 0.3 is 0 Å². The quantitative estimate of drug-likeness (QED) is 0.770. The summed E-state index contributed by atoms with van der Waals surface area (Å²) in [6.45, 7) is 6.54. The van der Waals surface area contributed by atoms with Gasteiger partial charge in [-0.15, -0.1) is 0 Å². The van der Waals surface area contributed by atoms with Crippen LogP contribution in [0.25, 0.3) is 0 Å². The number of rotatable bonds is 4. The number of phenolic OH excluding ortho intramolecular Hbond substituents is 1.